The highest BCUT2D eigenvalue weighted by atomic mass is 16.5. The van der Waals surface area contributed by atoms with Crippen molar-refractivity contribution in [1.82, 2.24) is 14.8 Å². The summed E-state index contributed by atoms with van der Waals surface area (Å²) in [7, 11) is 1.71. The molecule has 5 nitrogen and oxygen atoms in total. The van der Waals surface area contributed by atoms with E-state index in [0.717, 1.165) is 56.6 Å². The normalized spacial score (nSPS) is 16.7. The van der Waals surface area contributed by atoms with E-state index in [-0.39, 0.29) is 0 Å². The van der Waals surface area contributed by atoms with E-state index in [0.29, 0.717) is 5.92 Å². The van der Waals surface area contributed by atoms with Crippen molar-refractivity contribution in [2.45, 2.75) is 32.9 Å². The first-order valence-electron chi connectivity index (χ1n) is 8.66. The summed E-state index contributed by atoms with van der Waals surface area (Å²) in [6.45, 7) is 10.3. The van der Waals surface area contributed by atoms with E-state index in [1.807, 2.05) is 6.07 Å². The van der Waals surface area contributed by atoms with Crippen molar-refractivity contribution < 1.29 is 9.15 Å². The first-order valence-corrected chi connectivity index (χ1v) is 8.66. The summed E-state index contributed by atoms with van der Waals surface area (Å²) >= 11 is 0. The van der Waals surface area contributed by atoms with Gasteiger partial charge in [-0.15, -0.1) is 0 Å². The molecule has 3 rings (SSSR count). The molecule has 5 heteroatoms. The second kappa shape index (κ2) is 7.81. The van der Waals surface area contributed by atoms with Crippen molar-refractivity contribution in [1.29, 1.82) is 0 Å². The second-order valence-corrected chi connectivity index (χ2v) is 6.74. The quantitative estimate of drug-likeness (QED) is 0.814. The van der Waals surface area contributed by atoms with Gasteiger partial charge in [0.15, 0.2) is 5.89 Å². The van der Waals surface area contributed by atoms with Gasteiger partial charge in [-0.05, 0) is 17.7 Å². The van der Waals surface area contributed by atoms with Crippen LogP contribution in [0.3, 0.4) is 0 Å². The number of methoxy groups -OCH3 is 1. The third-order valence-corrected chi connectivity index (χ3v) is 4.45. The average molecular weight is 329 g/mol. The maximum absolute atomic E-state index is 5.53. The molecule has 2 aromatic rings. The van der Waals surface area contributed by atoms with E-state index in [1.165, 1.54) is 5.56 Å². The summed E-state index contributed by atoms with van der Waals surface area (Å²) in [4.78, 5) is 9.52. The molecule has 1 aliphatic heterocycles. The maximum atomic E-state index is 5.53. The second-order valence-electron chi connectivity index (χ2n) is 6.74. The zero-order chi connectivity index (χ0) is 16.9. The molecule has 0 spiro atoms. The number of rotatable bonds is 6. The topological polar surface area (TPSA) is 41.7 Å². The number of nitrogens with zero attached hydrogens (tertiary/aromatic N) is 3. The predicted molar refractivity (Wildman–Crippen MR) is 94.1 cm³/mol. The molecule has 1 fully saturated rings. The largest absolute Gasteiger partial charge is 0.497 e. The van der Waals surface area contributed by atoms with Crippen LogP contribution in [0.25, 0.3) is 0 Å². The molecule has 130 valence electrons. The number of aromatic nitrogens is 1. The summed E-state index contributed by atoms with van der Waals surface area (Å²) in [5, 5.41) is 0. The van der Waals surface area contributed by atoms with Crippen LogP contribution in [0.2, 0.25) is 0 Å². The van der Waals surface area contributed by atoms with Gasteiger partial charge in [-0.3, -0.25) is 9.80 Å². The molecule has 1 aromatic heterocycles. The molecule has 0 radical (unpaired) electrons. The summed E-state index contributed by atoms with van der Waals surface area (Å²) in [5.41, 5.74) is 2.35. The number of ether oxygens (including phenoxy) is 1. The number of piperazine rings is 1. The van der Waals surface area contributed by atoms with E-state index in [1.54, 1.807) is 13.4 Å². The van der Waals surface area contributed by atoms with Gasteiger partial charge in [0.05, 0.1) is 12.8 Å². The monoisotopic (exact) mass is 329 g/mol. The summed E-state index contributed by atoms with van der Waals surface area (Å²) < 4.78 is 10.8. The van der Waals surface area contributed by atoms with Crippen LogP contribution in [0.15, 0.2) is 34.9 Å². The van der Waals surface area contributed by atoms with E-state index in [4.69, 9.17) is 9.15 Å². The summed E-state index contributed by atoms with van der Waals surface area (Å²) in [5.74, 6) is 2.11. The molecule has 0 atom stereocenters. The Labute approximate surface area is 144 Å². The molecule has 0 bridgehead atoms. The van der Waals surface area contributed by atoms with Crippen molar-refractivity contribution in [3.05, 3.63) is 47.7 Å². The third kappa shape index (κ3) is 4.36. The number of hydrogen-bond donors (Lipinski definition) is 0. The lowest BCUT2D eigenvalue weighted by Gasteiger charge is -2.34. The molecule has 0 saturated carbocycles. The highest BCUT2D eigenvalue weighted by molar-refractivity contribution is 5.28. The third-order valence-electron chi connectivity index (χ3n) is 4.45. The van der Waals surface area contributed by atoms with Gasteiger partial charge in [0, 0.05) is 45.2 Å². The molecular weight excluding hydrogens is 302 g/mol. The maximum Gasteiger partial charge on any atom is 0.196 e. The Kier molecular flexibility index (Phi) is 5.53. The zero-order valence-electron chi connectivity index (χ0n) is 14.9. The number of oxazole rings is 1. The van der Waals surface area contributed by atoms with Gasteiger partial charge in [0.2, 0.25) is 0 Å². The molecule has 1 aromatic carbocycles. The Bertz CT molecular complexity index is 646. The van der Waals surface area contributed by atoms with Crippen LogP contribution >= 0.6 is 0 Å². The Hall–Kier alpha value is -1.85. The SMILES string of the molecule is COc1cccc(CN2CCN(Cc3coc(C(C)C)n3)CC2)c1. The smallest absolute Gasteiger partial charge is 0.196 e. The molecule has 1 aliphatic rings. The van der Waals surface area contributed by atoms with Gasteiger partial charge >= 0.3 is 0 Å². The highest BCUT2D eigenvalue weighted by Gasteiger charge is 2.19. The molecule has 0 N–H and O–H groups in total. The highest BCUT2D eigenvalue weighted by Crippen LogP contribution is 2.17. The average Bonchev–Trinajstić information content (AvgIpc) is 3.06. The minimum atomic E-state index is 0.346. The van der Waals surface area contributed by atoms with Gasteiger partial charge in [0.25, 0.3) is 0 Å². The molecule has 24 heavy (non-hydrogen) atoms. The predicted octanol–water partition coefficient (Wildman–Crippen LogP) is 3.12. The van der Waals surface area contributed by atoms with Crippen LogP contribution in [0.1, 0.15) is 36.9 Å². The number of hydrogen-bond acceptors (Lipinski definition) is 5. The van der Waals surface area contributed by atoms with Crippen molar-refractivity contribution in [3.8, 4) is 5.75 Å². The van der Waals surface area contributed by atoms with Crippen molar-refractivity contribution >= 4 is 0 Å². The molecule has 2 heterocycles. The van der Waals surface area contributed by atoms with Crippen LogP contribution in [0, 0.1) is 0 Å². The molecule has 0 unspecified atom stereocenters. The molecule has 0 aliphatic carbocycles. The Balaban J connectivity index is 1.48. The van der Waals surface area contributed by atoms with E-state index >= 15 is 0 Å². The summed E-state index contributed by atoms with van der Waals surface area (Å²) in [6, 6.07) is 8.33. The lowest BCUT2D eigenvalue weighted by Crippen LogP contribution is -2.45. The van der Waals surface area contributed by atoms with E-state index < -0.39 is 0 Å². The standard InChI is InChI=1S/C19H27N3O2/c1-15(2)19-20-17(14-24-19)13-22-9-7-21(8-10-22)12-16-5-4-6-18(11-16)23-3/h4-6,11,14-15H,7-10,12-13H2,1-3H3. The zero-order valence-corrected chi connectivity index (χ0v) is 14.9. The summed E-state index contributed by atoms with van der Waals surface area (Å²) in [6.07, 6.45) is 1.80. The molecular formula is C19H27N3O2. The Morgan fingerprint density at radius 3 is 2.46 bits per heavy atom. The van der Waals surface area contributed by atoms with E-state index in [9.17, 15) is 0 Å². The fourth-order valence-corrected chi connectivity index (χ4v) is 3.02. The van der Waals surface area contributed by atoms with E-state index in [2.05, 4.69) is 46.8 Å². The molecule has 1 saturated heterocycles. The van der Waals surface area contributed by atoms with Crippen molar-refractivity contribution in [2.75, 3.05) is 33.3 Å². The Morgan fingerprint density at radius 1 is 1.12 bits per heavy atom. The Morgan fingerprint density at radius 2 is 1.83 bits per heavy atom. The minimum absolute atomic E-state index is 0.346. The fraction of sp³-hybridized carbons (Fsp3) is 0.526. The van der Waals surface area contributed by atoms with Gasteiger partial charge < -0.3 is 9.15 Å². The van der Waals surface area contributed by atoms with Crippen LogP contribution in [-0.2, 0) is 13.1 Å². The minimum Gasteiger partial charge on any atom is -0.497 e. The molecule has 0 amide bonds. The lowest BCUT2D eigenvalue weighted by atomic mass is 10.2. The fourth-order valence-electron chi connectivity index (χ4n) is 3.02. The van der Waals surface area contributed by atoms with Gasteiger partial charge in [-0.25, -0.2) is 4.98 Å². The van der Waals surface area contributed by atoms with Crippen LogP contribution in [0.4, 0.5) is 0 Å². The van der Waals surface area contributed by atoms with Crippen molar-refractivity contribution in [3.63, 3.8) is 0 Å². The lowest BCUT2D eigenvalue weighted by molar-refractivity contribution is 0.121. The van der Waals surface area contributed by atoms with Crippen molar-refractivity contribution in [2.24, 2.45) is 0 Å². The van der Waals surface area contributed by atoms with Gasteiger partial charge in [-0.1, -0.05) is 26.0 Å². The van der Waals surface area contributed by atoms with Gasteiger partial charge in [-0.2, -0.15) is 0 Å². The van der Waals surface area contributed by atoms with Crippen LogP contribution in [-0.4, -0.2) is 48.1 Å². The van der Waals surface area contributed by atoms with Gasteiger partial charge in [0.1, 0.15) is 12.0 Å². The van der Waals surface area contributed by atoms with Crippen LogP contribution in [0.5, 0.6) is 5.75 Å². The first kappa shape index (κ1) is 17.0. The van der Waals surface area contributed by atoms with Crippen LogP contribution < -0.4 is 4.74 Å². The number of benzene rings is 1. The first-order chi connectivity index (χ1) is 11.6.